The molecule has 1 unspecified atom stereocenters. The Balaban J connectivity index is 1.25. The Labute approximate surface area is 305 Å². The van der Waals surface area contributed by atoms with Crippen LogP contribution in [0.1, 0.15) is 62.5 Å². The normalized spacial score (nSPS) is 12.9. The molecule has 51 heavy (non-hydrogen) atoms. The fraction of sp³-hybridized carbons (Fsp3) is 0.171. The van der Waals surface area contributed by atoms with E-state index in [0.717, 1.165) is 41.7 Å². The Morgan fingerprint density at radius 3 is 2.39 bits per heavy atom. The maximum absolute atomic E-state index is 14.0. The number of hydrogen-bond acceptors (Lipinski definition) is 7. The second-order valence-electron chi connectivity index (χ2n) is 11.8. The van der Waals surface area contributed by atoms with Gasteiger partial charge in [-0.1, -0.05) is 72.8 Å². The van der Waals surface area contributed by atoms with Crippen molar-refractivity contribution in [2.24, 2.45) is 0 Å². The molecule has 1 aliphatic carbocycles. The first kappa shape index (κ1) is 35.2. The molecule has 0 saturated heterocycles. The number of para-hydroxylation sites is 1. The molecule has 3 N–H and O–H groups in total. The van der Waals surface area contributed by atoms with Crippen LogP contribution in [-0.4, -0.2) is 24.3 Å². The molecule has 0 fully saturated rings. The van der Waals surface area contributed by atoms with Crippen molar-refractivity contribution in [1.82, 2.24) is 5.32 Å². The predicted molar refractivity (Wildman–Crippen MR) is 204 cm³/mol. The molecule has 1 atom stereocenters. The minimum absolute atomic E-state index is 0.0301. The van der Waals surface area contributed by atoms with Crippen LogP contribution in [0.15, 0.2) is 120 Å². The molecule has 1 aromatic heterocycles. The number of hydrogen-bond donors (Lipinski definition) is 3. The molecular weight excluding hydrogens is 677 g/mol. The highest BCUT2D eigenvalue weighted by Gasteiger charge is 2.27. The largest absolute Gasteiger partial charge is 0.493 e. The minimum atomic E-state index is -0.640. The number of carbonyl (C=O) groups excluding carboxylic acids is 3. The number of thiophene rings is 1. The molecule has 0 saturated carbocycles. The zero-order valence-electron chi connectivity index (χ0n) is 28.0. The summed E-state index contributed by atoms with van der Waals surface area (Å²) in [6.07, 6.45) is 5.49. The number of ether oxygens (including phenoxy) is 1. The SMILES string of the molecule is CCOc1ccccc1/C=C(/NC(=O)c1ccccc1)C(=O)Nc1cccc(SC(C(=O)Nc2sc3c(c2C#N)CCCC3)c2ccccc2)c1. The summed E-state index contributed by atoms with van der Waals surface area (Å²) in [7, 11) is 0. The van der Waals surface area contributed by atoms with E-state index in [0.29, 0.717) is 39.7 Å². The molecule has 0 aliphatic heterocycles. The van der Waals surface area contributed by atoms with Crippen LogP contribution in [-0.2, 0) is 22.4 Å². The van der Waals surface area contributed by atoms with Crippen LogP contribution in [0.3, 0.4) is 0 Å². The summed E-state index contributed by atoms with van der Waals surface area (Å²) in [4.78, 5) is 42.9. The second kappa shape index (κ2) is 16.9. The average molecular weight is 713 g/mol. The van der Waals surface area contributed by atoms with Crippen LogP contribution in [0, 0.1) is 11.3 Å². The van der Waals surface area contributed by atoms with Crippen LogP contribution in [0.25, 0.3) is 6.08 Å². The molecule has 1 aliphatic rings. The summed E-state index contributed by atoms with van der Waals surface area (Å²) in [5, 5.41) is 18.7. The van der Waals surface area contributed by atoms with E-state index >= 15 is 0 Å². The van der Waals surface area contributed by atoms with E-state index in [9.17, 15) is 19.6 Å². The number of amides is 3. The van der Waals surface area contributed by atoms with Crippen molar-refractivity contribution in [3.63, 3.8) is 0 Å². The van der Waals surface area contributed by atoms with Crippen LogP contribution in [0.4, 0.5) is 10.7 Å². The van der Waals surface area contributed by atoms with Crippen LogP contribution < -0.4 is 20.7 Å². The highest BCUT2D eigenvalue weighted by molar-refractivity contribution is 8.00. The zero-order valence-corrected chi connectivity index (χ0v) is 29.6. The van der Waals surface area contributed by atoms with Crippen molar-refractivity contribution >= 4 is 57.6 Å². The quantitative estimate of drug-likeness (QED) is 0.0879. The van der Waals surface area contributed by atoms with E-state index in [1.165, 1.54) is 28.0 Å². The fourth-order valence-corrected chi connectivity index (χ4v) is 8.14. The third-order valence-corrected chi connectivity index (χ3v) is 10.7. The van der Waals surface area contributed by atoms with Gasteiger partial charge in [-0.15, -0.1) is 23.1 Å². The van der Waals surface area contributed by atoms with Gasteiger partial charge in [0.05, 0.1) is 12.2 Å². The summed E-state index contributed by atoms with van der Waals surface area (Å²) in [6.45, 7) is 2.31. The van der Waals surface area contributed by atoms with Gasteiger partial charge in [0.15, 0.2) is 0 Å². The number of rotatable bonds is 12. The van der Waals surface area contributed by atoms with Crippen molar-refractivity contribution in [2.75, 3.05) is 17.2 Å². The van der Waals surface area contributed by atoms with Crippen molar-refractivity contribution in [3.05, 3.63) is 148 Å². The number of carbonyl (C=O) groups is 3. The monoisotopic (exact) mass is 712 g/mol. The summed E-state index contributed by atoms with van der Waals surface area (Å²) in [6, 6.07) is 35.0. The molecule has 0 bridgehead atoms. The summed E-state index contributed by atoms with van der Waals surface area (Å²) < 4.78 is 5.77. The van der Waals surface area contributed by atoms with Gasteiger partial charge in [0, 0.05) is 26.6 Å². The maximum atomic E-state index is 14.0. The van der Waals surface area contributed by atoms with Crippen LogP contribution in [0.5, 0.6) is 5.75 Å². The number of fused-ring (bicyclic) bond motifs is 1. The average Bonchev–Trinajstić information content (AvgIpc) is 3.52. The summed E-state index contributed by atoms with van der Waals surface area (Å²) in [5.41, 5.74) is 3.97. The van der Waals surface area contributed by atoms with Gasteiger partial charge in [0.1, 0.15) is 27.8 Å². The van der Waals surface area contributed by atoms with Crippen molar-refractivity contribution in [2.45, 2.75) is 42.8 Å². The molecule has 5 aromatic rings. The Bertz CT molecular complexity index is 2110. The lowest BCUT2D eigenvalue weighted by molar-refractivity contribution is -0.116. The van der Waals surface area contributed by atoms with E-state index in [1.807, 2.05) is 67.6 Å². The summed E-state index contributed by atoms with van der Waals surface area (Å²) in [5.74, 6) is -0.626. The Hall–Kier alpha value is -5.63. The van der Waals surface area contributed by atoms with E-state index < -0.39 is 17.1 Å². The van der Waals surface area contributed by atoms with E-state index in [4.69, 9.17) is 4.74 Å². The van der Waals surface area contributed by atoms with Gasteiger partial charge >= 0.3 is 0 Å². The van der Waals surface area contributed by atoms with Crippen molar-refractivity contribution < 1.29 is 19.1 Å². The van der Waals surface area contributed by atoms with Gasteiger partial charge in [-0.2, -0.15) is 5.26 Å². The highest BCUT2D eigenvalue weighted by atomic mass is 32.2. The standard InChI is InChI=1S/C41H36N4O4S2/c1-2-49-35-22-11-9-18-29(35)24-34(44-38(46)28-16-7-4-8-17-28)39(47)43-30-19-13-20-31(25-30)50-37(27-14-5-3-6-15-27)40(48)45-41-33(26-42)32-21-10-12-23-36(32)51-41/h3-9,11,13-20,22,24-25,37H,2,10,12,21,23H2,1H3,(H,43,47)(H,44,46)(H,45,48)/b34-24+. The minimum Gasteiger partial charge on any atom is -0.493 e. The van der Waals surface area contributed by atoms with Gasteiger partial charge in [-0.05, 0) is 86.2 Å². The lowest BCUT2D eigenvalue weighted by Gasteiger charge is -2.18. The maximum Gasteiger partial charge on any atom is 0.272 e. The number of nitrogens with zero attached hydrogens (tertiary/aromatic N) is 1. The van der Waals surface area contributed by atoms with Crippen LogP contribution >= 0.6 is 23.1 Å². The number of nitrogens with one attached hydrogen (secondary N) is 3. The molecule has 256 valence electrons. The Morgan fingerprint density at radius 2 is 1.63 bits per heavy atom. The smallest absolute Gasteiger partial charge is 0.272 e. The lowest BCUT2D eigenvalue weighted by Crippen LogP contribution is -2.30. The molecule has 6 rings (SSSR count). The predicted octanol–water partition coefficient (Wildman–Crippen LogP) is 8.78. The number of aryl methyl sites for hydroxylation is 1. The number of benzene rings is 4. The van der Waals surface area contributed by atoms with Gasteiger partial charge < -0.3 is 20.7 Å². The first-order valence-electron chi connectivity index (χ1n) is 16.7. The topological polar surface area (TPSA) is 120 Å². The van der Waals surface area contributed by atoms with E-state index in [1.54, 1.807) is 54.6 Å². The highest BCUT2D eigenvalue weighted by Crippen LogP contribution is 2.41. The van der Waals surface area contributed by atoms with E-state index in [2.05, 4.69) is 22.0 Å². The number of anilines is 2. The molecule has 3 amide bonds. The lowest BCUT2D eigenvalue weighted by atomic mass is 9.96. The number of thioether (sulfide) groups is 1. The third-order valence-electron chi connectivity index (χ3n) is 8.25. The zero-order chi connectivity index (χ0) is 35.6. The van der Waals surface area contributed by atoms with Gasteiger partial charge in [0.25, 0.3) is 11.8 Å². The second-order valence-corrected chi connectivity index (χ2v) is 14.0. The first-order valence-corrected chi connectivity index (χ1v) is 18.4. The summed E-state index contributed by atoms with van der Waals surface area (Å²) >= 11 is 2.84. The Kier molecular flexibility index (Phi) is 11.6. The molecular formula is C41H36N4O4S2. The fourth-order valence-electron chi connectivity index (χ4n) is 5.82. The van der Waals surface area contributed by atoms with Gasteiger partial charge in [-0.25, -0.2) is 0 Å². The van der Waals surface area contributed by atoms with E-state index in [-0.39, 0.29) is 11.6 Å². The molecule has 8 nitrogen and oxygen atoms in total. The molecule has 0 radical (unpaired) electrons. The van der Waals surface area contributed by atoms with Crippen molar-refractivity contribution in [1.29, 1.82) is 5.26 Å². The van der Waals surface area contributed by atoms with Gasteiger partial charge in [-0.3, -0.25) is 14.4 Å². The van der Waals surface area contributed by atoms with Gasteiger partial charge in [0.2, 0.25) is 5.91 Å². The molecule has 1 heterocycles. The van der Waals surface area contributed by atoms with Crippen LogP contribution in [0.2, 0.25) is 0 Å². The Morgan fingerprint density at radius 1 is 0.902 bits per heavy atom. The third kappa shape index (κ3) is 8.76. The first-order chi connectivity index (χ1) is 24.9. The molecule has 10 heteroatoms. The molecule has 0 spiro atoms. The molecule has 4 aromatic carbocycles. The van der Waals surface area contributed by atoms with Crippen molar-refractivity contribution in [3.8, 4) is 11.8 Å². The number of nitriles is 1.